The number of oxazole rings is 1. The summed E-state index contributed by atoms with van der Waals surface area (Å²) < 4.78 is 5.45. The Kier molecular flexibility index (Phi) is 6.12. The van der Waals surface area contributed by atoms with E-state index in [1.165, 1.54) is 12.8 Å². The number of carbonyl (C=O) groups is 1. The fourth-order valence-electron chi connectivity index (χ4n) is 3.94. The molecule has 132 valence electrons. The Morgan fingerprint density at radius 3 is 2.71 bits per heavy atom. The molecule has 4 rings (SSSR count). The number of fused-ring (bicyclic) bond motifs is 3. The lowest BCUT2D eigenvalue weighted by Crippen LogP contribution is -2.39. The van der Waals surface area contributed by atoms with Crippen molar-refractivity contribution in [3.05, 3.63) is 24.1 Å². The second-order valence-corrected chi connectivity index (χ2v) is 6.64. The molecule has 2 fully saturated rings. The maximum absolute atomic E-state index is 12.3. The smallest absolute Gasteiger partial charge is 0.224 e. The zero-order valence-electron chi connectivity index (χ0n) is 13.6. The maximum Gasteiger partial charge on any atom is 0.224 e. The van der Waals surface area contributed by atoms with E-state index in [1.807, 2.05) is 25.1 Å². The summed E-state index contributed by atoms with van der Waals surface area (Å²) in [6.45, 7) is 1.82. The summed E-state index contributed by atoms with van der Waals surface area (Å²) in [4.78, 5) is 16.6. The van der Waals surface area contributed by atoms with Crippen LogP contribution in [0.4, 0.5) is 5.69 Å². The van der Waals surface area contributed by atoms with Crippen LogP contribution in [0.25, 0.3) is 11.1 Å². The molecule has 2 N–H and O–H groups in total. The Morgan fingerprint density at radius 2 is 2.00 bits per heavy atom. The number of rotatable bonds is 3. The van der Waals surface area contributed by atoms with Crippen LogP contribution < -0.4 is 10.6 Å². The first-order valence-corrected chi connectivity index (χ1v) is 8.09. The van der Waals surface area contributed by atoms with E-state index in [2.05, 4.69) is 15.6 Å². The van der Waals surface area contributed by atoms with Crippen LogP contribution in [0.1, 0.15) is 38.0 Å². The van der Waals surface area contributed by atoms with E-state index in [4.69, 9.17) is 4.42 Å². The molecule has 2 aliphatic rings. The number of nitrogens with zero attached hydrogens (tertiary/aromatic N) is 1. The lowest BCUT2D eigenvalue weighted by atomic mass is 9.89. The van der Waals surface area contributed by atoms with Crippen LogP contribution in [0.3, 0.4) is 0 Å². The van der Waals surface area contributed by atoms with Gasteiger partial charge in [-0.15, -0.1) is 24.8 Å². The normalized spacial score (nSPS) is 25.0. The van der Waals surface area contributed by atoms with Crippen molar-refractivity contribution in [2.24, 2.45) is 5.92 Å². The lowest BCUT2D eigenvalue weighted by Gasteiger charge is -2.28. The number of anilines is 1. The minimum atomic E-state index is 0. The monoisotopic (exact) mass is 371 g/mol. The molecule has 1 amide bonds. The van der Waals surface area contributed by atoms with Crippen LogP contribution in [0.5, 0.6) is 0 Å². The fourth-order valence-corrected chi connectivity index (χ4v) is 3.94. The lowest BCUT2D eigenvalue weighted by molar-refractivity contribution is -0.117. The Labute approximate surface area is 153 Å². The quantitative estimate of drug-likeness (QED) is 0.859. The van der Waals surface area contributed by atoms with Gasteiger partial charge in [-0.25, -0.2) is 4.98 Å². The van der Waals surface area contributed by atoms with Crippen molar-refractivity contribution in [3.63, 3.8) is 0 Å². The minimum absolute atomic E-state index is 0. The Morgan fingerprint density at radius 1 is 1.29 bits per heavy atom. The molecule has 0 radical (unpaired) electrons. The third-order valence-electron chi connectivity index (χ3n) is 4.82. The summed E-state index contributed by atoms with van der Waals surface area (Å²) >= 11 is 0. The van der Waals surface area contributed by atoms with Gasteiger partial charge < -0.3 is 15.1 Å². The predicted molar refractivity (Wildman–Crippen MR) is 99.2 cm³/mol. The molecular formula is C17H23Cl2N3O2. The fraction of sp³-hybridized carbons (Fsp3) is 0.529. The summed E-state index contributed by atoms with van der Waals surface area (Å²) in [5, 5.41) is 6.61. The number of aryl methyl sites for hydroxylation is 1. The number of hydrogen-bond acceptors (Lipinski definition) is 4. The van der Waals surface area contributed by atoms with Crippen LogP contribution in [0, 0.1) is 12.8 Å². The Hall–Kier alpha value is -1.30. The molecule has 24 heavy (non-hydrogen) atoms. The van der Waals surface area contributed by atoms with Crippen LogP contribution >= 0.6 is 24.8 Å². The van der Waals surface area contributed by atoms with Gasteiger partial charge in [0, 0.05) is 31.1 Å². The van der Waals surface area contributed by atoms with Gasteiger partial charge in [-0.1, -0.05) is 0 Å². The second kappa shape index (κ2) is 7.72. The van der Waals surface area contributed by atoms with Gasteiger partial charge in [0.1, 0.15) is 5.52 Å². The molecule has 2 saturated heterocycles. The van der Waals surface area contributed by atoms with Crippen LogP contribution in [-0.2, 0) is 4.79 Å². The summed E-state index contributed by atoms with van der Waals surface area (Å²) in [6, 6.07) is 6.86. The molecule has 2 bridgehead atoms. The molecule has 2 unspecified atom stereocenters. The Bertz CT molecular complexity index is 707. The predicted octanol–water partition coefficient (Wildman–Crippen LogP) is 3.84. The number of aromatic nitrogens is 1. The second-order valence-electron chi connectivity index (χ2n) is 6.64. The first kappa shape index (κ1) is 19.0. The third-order valence-corrected chi connectivity index (χ3v) is 4.82. The zero-order valence-corrected chi connectivity index (χ0v) is 15.2. The van der Waals surface area contributed by atoms with E-state index in [0.29, 0.717) is 30.3 Å². The van der Waals surface area contributed by atoms with Crippen molar-refractivity contribution in [3.8, 4) is 0 Å². The number of carbonyl (C=O) groups excluding carboxylic acids is 1. The summed E-state index contributed by atoms with van der Waals surface area (Å²) in [5.74, 6) is 1.26. The standard InChI is InChI=1S/C17H21N3O2.2ClH/c1-10-18-15-9-14(4-5-16(15)22-10)20-17(21)8-11-6-12-2-3-13(7-11)19-12;;/h4-5,9,11-13,19H,2-3,6-8H2,1H3,(H,20,21);2*1H. The van der Waals surface area contributed by atoms with Crippen molar-refractivity contribution in [1.82, 2.24) is 10.3 Å². The number of benzene rings is 1. The molecule has 0 spiro atoms. The number of hydrogen-bond donors (Lipinski definition) is 2. The van der Waals surface area contributed by atoms with Crippen LogP contribution in [0.15, 0.2) is 22.6 Å². The topological polar surface area (TPSA) is 67.2 Å². The summed E-state index contributed by atoms with van der Waals surface area (Å²) in [7, 11) is 0. The molecule has 5 nitrogen and oxygen atoms in total. The van der Waals surface area contributed by atoms with Crippen molar-refractivity contribution < 1.29 is 9.21 Å². The van der Waals surface area contributed by atoms with E-state index in [0.717, 1.165) is 29.6 Å². The molecule has 2 aromatic rings. The highest BCUT2D eigenvalue weighted by molar-refractivity contribution is 5.92. The van der Waals surface area contributed by atoms with Crippen molar-refractivity contribution in [1.29, 1.82) is 0 Å². The Balaban J connectivity index is 0.00000104. The summed E-state index contributed by atoms with van der Waals surface area (Å²) in [5.41, 5.74) is 2.34. The first-order valence-electron chi connectivity index (χ1n) is 8.09. The van der Waals surface area contributed by atoms with Gasteiger partial charge in [0.15, 0.2) is 11.5 Å². The molecule has 0 saturated carbocycles. The number of piperidine rings is 1. The van der Waals surface area contributed by atoms with E-state index in [-0.39, 0.29) is 30.7 Å². The van der Waals surface area contributed by atoms with Gasteiger partial charge in [0.05, 0.1) is 0 Å². The van der Waals surface area contributed by atoms with E-state index < -0.39 is 0 Å². The SMILES string of the molecule is Cc1nc2cc(NC(=O)CC3CC4CCC(C3)N4)ccc2o1.Cl.Cl. The molecule has 1 aromatic heterocycles. The largest absolute Gasteiger partial charge is 0.441 e. The highest BCUT2D eigenvalue weighted by atomic mass is 35.5. The molecule has 2 atom stereocenters. The van der Waals surface area contributed by atoms with Gasteiger partial charge in [0.25, 0.3) is 0 Å². The molecule has 2 aliphatic heterocycles. The van der Waals surface area contributed by atoms with Crippen molar-refractivity contribution in [2.45, 2.75) is 51.1 Å². The zero-order chi connectivity index (χ0) is 15.1. The highest BCUT2D eigenvalue weighted by Gasteiger charge is 2.34. The average molecular weight is 372 g/mol. The van der Waals surface area contributed by atoms with Gasteiger partial charge in [-0.2, -0.15) is 0 Å². The van der Waals surface area contributed by atoms with Gasteiger partial charge in [-0.3, -0.25) is 4.79 Å². The van der Waals surface area contributed by atoms with E-state index in [9.17, 15) is 4.79 Å². The molecule has 0 aliphatic carbocycles. The van der Waals surface area contributed by atoms with Crippen LogP contribution in [-0.4, -0.2) is 23.0 Å². The first-order chi connectivity index (χ1) is 10.7. The minimum Gasteiger partial charge on any atom is -0.441 e. The van der Waals surface area contributed by atoms with Crippen molar-refractivity contribution >= 4 is 47.5 Å². The molecule has 7 heteroatoms. The molecular weight excluding hydrogens is 349 g/mol. The van der Waals surface area contributed by atoms with Gasteiger partial charge in [0.2, 0.25) is 5.91 Å². The number of halogens is 2. The number of amides is 1. The maximum atomic E-state index is 12.3. The van der Waals surface area contributed by atoms with Gasteiger partial charge in [-0.05, 0) is 49.8 Å². The highest BCUT2D eigenvalue weighted by Crippen LogP contribution is 2.32. The van der Waals surface area contributed by atoms with Crippen molar-refractivity contribution in [2.75, 3.05) is 5.32 Å². The molecule has 1 aromatic carbocycles. The third kappa shape index (κ3) is 4.02. The van der Waals surface area contributed by atoms with Crippen LogP contribution in [0.2, 0.25) is 0 Å². The number of nitrogens with one attached hydrogen (secondary N) is 2. The van der Waals surface area contributed by atoms with E-state index in [1.54, 1.807) is 0 Å². The van der Waals surface area contributed by atoms with E-state index >= 15 is 0 Å². The average Bonchev–Trinajstić information content (AvgIpc) is 2.99. The van der Waals surface area contributed by atoms with Gasteiger partial charge >= 0.3 is 0 Å². The summed E-state index contributed by atoms with van der Waals surface area (Å²) in [6.07, 6.45) is 5.41. The molecule has 3 heterocycles.